The lowest BCUT2D eigenvalue weighted by Crippen LogP contribution is -2.40. The summed E-state index contributed by atoms with van der Waals surface area (Å²) in [5.41, 5.74) is 0. The molecule has 0 aromatic carbocycles. The van der Waals surface area contributed by atoms with Gasteiger partial charge in [0.2, 0.25) is 0 Å². The van der Waals surface area contributed by atoms with Gasteiger partial charge < -0.3 is 15.0 Å². The Bertz CT molecular complexity index is 212. The maximum absolute atomic E-state index is 11.4. The van der Waals surface area contributed by atoms with Crippen molar-refractivity contribution in [2.45, 2.75) is 19.8 Å². The van der Waals surface area contributed by atoms with E-state index in [-0.39, 0.29) is 18.5 Å². The zero-order valence-corrected chi connectivity index (χ0v) is 8.41. The van der Waals surface area contributed by atoms with Crippen LogP contribution in [-0.4, -0.2) is 43.1 Å². The van der Waals surface area contributed by atoms with Crippen molar-refractivity contribution in [3.63, 3.8) is 0 Å². The van der Waals surface area contributed by atoms with Gasteiger partial charge in [-0.2, -0.15) is 0 Å². The molecule has 0 atom stereocenters. The molecular weight excluding hydrogens is 184 g/mol. The minimum atomic E-state index is -0.389. The van der Waals surface area contributed by atoms with Crippen molar-refractivity contribution in [2.24, 2.45) is 0 Å². The molecule has 0 saturated carbocycles. The highest BCUT2D eigenvalue weighted by atomic mass is 16.5. The number of hydrogen-bond acceptors (Lipinski definition) is 3. The molecule has 1 aliphatic heterocycles. The Labute approximate surface area is 83.4 Å². The van der Waals surface area contributed by atoms with Gasteiger partial charge in [-0.3, -0.25) is 4.79 Å². The lowest BCUT2D eigenvalue weighted by molar-refractivity contribution is -0.141. The number of hydrogen-bond donors (Lipinski definition) is 1. The van der Waals surface area contributed by atoms with Crippen LogP contribution in [0.3, 0.4) is 0 Å². The van der Waals surface area contributed by atoms with Crippen molar-refractivity contribution in [1.29, 1.82) is 0 Å². The summed E-state index contributed by atoms with van der Waals surface area (Å²) in [5.74, 6) is -0.389. The van der Waals surface area contributed by atoms with E-state index in [4.69, 9.17) is 0 Å². The second kappa shape index (κ2) is 5.47. The number of urea groups is 1. The van der Waals surface area contributed by atoms with Crippen LogP contribution in [0.1, 0.15) is 19.8 Å². The van der Waals surface area contributed by atoms with Gasteiger partial charge in [0.25, 0.3) is 0 Å². The first-order chi connectivity index (χ1) is 6.74. The highest BCUT2D eigenvalue weighted by Gasteiger charge is 2.17. The standard InChI is InChI=1S/C9H16N2O3/c1-2-14-8(12)7-10-9(13)11-5-3-4-6-11/h2-7H2,1H3,(H,10,13). The summed E-state index contributed by atoms with van der Waals surface area (Å²) in [7, 11) is 0. The number of nitrogens with zero attached hydrogens (tertiary/aromatic N) is 1. The molecule has 0 aromatic rings. The van der Waals surface area contributed by atoms with E-state index in [2.05, 4.69) is 10.1 Å². The van der Waals surface area contributed by atoms with E-state index in [1.165, 1.54) is 0 Å². The van der Waals surface area contributed by atoms with E-state index >= 15 is 0 Å². The predicted molar refractivity (Wildman–Crippen MR) is 50.8 cm³/mol. The Balaban J connectivity index is 2.17. The zero-order chi connectivity index (χ0) is 10.4. The summed E-state index contributed by atoms with van der Waals surface area (Å²) in [4.78, 5) is 24.0. The first kappa shape index (κ1) is 10.8. The molecule has 1 heterocycles. The molecule has 5 nitrogen and oxygen atoms in total. The molecule has 0 aliphatic carbocycles. The number of carbonyl (C=O) groups excluding carboxylic acids is 2. The van der Waals surface area contributed by atoms with Crippen LogP contribution in [0.4, 0.5) is 4.79 Å². The second-order valence-electron chi connectivity index (χ2n) is 3.16. The van der Waals surface area contributed by atoms with Crippen LogP contribution in [0.2, 0.25) is 0 Å². The number of esters is 1. The molecule has 2 amide bonds. The normalized spacial score (nSPS) is 15.4. The second-order valence-corrected chi connectivity index (χ2v) is 3.16. The summed E-state index contributed by atoms with van der Waals surface area (Å²) < 4.78 is 4.68. The molecule has 5 heteroatoms. The van der Waals surface area contributed by atoms with Crippen LogP contribution in [0.15, 0.2) is 0 Å². The molecule has 80 valence electrons. The van der Waals surface area contributed by atoms with Crippen molar-refractivity contribution in [3.05, 3.63) is 0 Å². The summed E-state index contributed by atoms with van der Waals surface area (Å²) in [5, 5.41) is 2.52. The van der Waals surface area contributed by atoms with E-state index in [1.54, 1.807) is 11.8 Å². The number of rotatable bonds is 3. The van der Waals surface area contributed by atoms with Crippen molar-refractivity contribution in [2.75, 3.05) is 26.2 Å². The van der Waals surface area contributed by atoms with Crippen LogP contribution in [0.5, 0.6) is 0 Å². The van der Waals surface area contributed by atoms with Crippen molar-refractivity contribution >= 4 is 12.0 Å². The van der Waals surface area contributed by atoms with Gasteiger partial charge in [-0.05, 0) is 19.8 Å². The molecule has 1 saturated heterocycles. The Morgan fingerprint density at radius 1 is 1.36 bits per heavy atom. The third kappa shape index (κ3) is 3.24. The van der Waals surface area contributed by atoms with Gasteiger partial charge >= 0.3 is 12.0 Å². The van der Waals surface area contributed by atoms with Crippen molar-refractivity contribution < 1.29 is 14.3 Å². The number of ether oxygens (including phenoxy) is 1. The predicted octanol–water partition coefficient (Wildman–Crippen LogP) is 0.355. The van der Waals surface area contributed by atoms with Crippen molar-refractivity contribution in [3.8, 4) is 0 Å². The number of amides is 2. The topological polar surface area (TPSA) is 58.6 Å². The molecule has 0 spiro atoms. The number of carbonyl (C=O) groups is 2. The average Bonchev–Trinajstić information content (AvgIpc) is 2.67. The summed E-state index contributed by atoms with van der Waals surface area (Å²) in [6.45, 7) is 3.62. The SMILES string of the molecule is CCOC(=O)CNC(=O)N1CCCC1. The monoisotopic (exact) mass is 200 g/mol. The summed E-state index contributed by atoms with van der Waals surface area (Å²) in [6.07, 6.45) is 2.10. The van der Waals surface area contributed by atoms with Gasteiger partial charge in [0.05, 0.1) is 6.61 Å². The first-order valence-corrected chi connectivity index (χ1v) is 4.92. The Hall–Kier alpha value is -1.26. The van der Waals surface area contributed by atoms with Crippen LogP contribution in [0, 0.1) is 0 Å². The van der Waals surface area contributed by atoms with Crippen LogP contribution >= 0.6 is 0 Å². The molecule has 0 aromatic heterocycles. The van der Waals surface area contributed by atoms with E-state index in [0.29, 0.717) is 6.61 Å². The highest BCUT2D eigenvalue weighted by molar-refractivity contribution is 5.80. The van der Waals surface area contributed by atoms with Crippen LogP contribution in [0.25, 0.3) is 0 Å². The maximum atomic E-state index is 11.4. The molecule has 14 heavy (non-hydrogen) atoms. The van der Waals surface area contributed by atoms with E-state index in [9.17, 15) is 9.59 Å². The molecule has 1 N–H and O–H groups in total. The molecule has 0 bridgehead atoms. The lowest BCUT2D eigenvalue weighted by Gasteiger charge is -2.15. The van der Waals surface area contributed by atoms with Gasteiger partial charge in [0, 0.05) is 13.1 Å². The van der Waals surface area contributed by atoms with Gasteiger partial charge in [0.15, 0.2) is 0 Å². The summed E-state index contributed by atoms with van der Waals surface area (Å²) in [6, 6.07) is -0.171. The van der Waals surface area contributed by atoms with Gasteiger partial charge in [-0.25, -0.2) is 4.79 Å². The van der Waals surface area contributed by atoms with Crippen molar-refractivity contribution in [1.82, 2.24) is 10.2 Å². The fourth-order valence-corrected chi connectivity index (χ4v) is 1.39. The molecule has 1 aliphatic rings. The number of nitrogens with one attached hydrogen (secondary N) is 1. The van der Waals surface area contributed by atoms with E-state index in [1.807, 2.05) is 0 Å². The third-order valence-corrected chi connectivity index (χ3v) is 2.08. The first-order valence-electron chi connectivity index (χ1n) is 4.92. The Morgan fingerprint density at radius 3 is 2.57 bits per heavy atom. The minimum Gasteiger partial charge on any atom is -0.465 e. The minimum absolute atomic E-state index is 0.0385. The van der Waals surface area contributed by atoms with Gasteiger partial charge in [-0.1, -0.05) is 0 Å². The lowest BCUT2D eigenvalue weighted by atomic mass is 10.4. The Kier molecular flexibility index (Phi) is 4.22. The molecule has 0 unspecified atom stereocenters. The molecular formula is C9H16N2O3. The fraction of sp³-hybridized carbons (Fsp3) is 0.778. The molecule has 0 radical (unpaired) electrons. The fourth-order valence-electron chi connectivity index (χ4n) is 1.39. The quantitative estimate of drug-likeness (QED) is 0.669. The highest BCUT2D eigenvalue weighted by Crippen LogP contribution is 2.06. The van der Waals surface area contributed by atoms with Crippen LogP contribution in [-0.2, 0) is 9.53 Å². The third-order valence-electron chi connectivity index (χ3n) is 2.08. The van der Waals surface area contributed by atoms with Gasteiger partial charge in [-0.15, -0.1) is 0 Å². The van der Waals surface area contributed by atoms with E-state index in [0.717, 1.165) is 25.9 Å². The van der Waals surface area contributed by atoms with Crippen LogP contribution < -0.4 is 5.32 Å². The van der Waals surface area contributed by atoms with Gasteiger partial charge in [0.1, 0.15) is 6.54 Å². The zero-order valence-electron chi connectivity index (χ0n) is 8.41. The maximum Gasteiger partial charge on any atom is 0.325 e. The molecule has 1 rings (SSSR count). The smallest absolute Gasteiger partial charge is 0.325 e. The largest absolute Gasteiger partial charge is 0.465 e. The number of likely N-dealkylation sites (tertiary alicyclic amines) is 1. The average molecular weight is 200 g/mol. The van der Waals surface area contributed by atoms with E-state index < -0.39 is 0 Å². The Morgan fingerprint density at radius 2 is 2.00 bits per heavy atom. The molecule has 1 fully saturated rings. The summed E-state index contributed by atoms with van der Waals surface area (Å²) >= 11 is 0.